The highest BCUT2D eigenvalue weighted by Gasteiger charge is 2.18. The number of aryl methyl sites for hydroxylation is 2. The summed E-state index contributed by atoms with van der Waals surface area (Å²) < 4.78 is 4.18. The second-order valence-corrected chi connectivity index (χ2v) is 8.11. The van der Waals surface area contributed by atoms with Crippen LogP contribution in [0.25, 0.3) is 22.7 Å². The standard InChI is InChI=1S/C23H20N6S/c1-16-9-10-21-25-19(14-28(21)13-16)15-30-23-27-26-22(18-7-5-11-24-12-18)29(23)20-8-4-3-6-17(20)2/h3-14H,15H2,1-2H3. The van der Waals surface area contributed by atoms with Crippen molar-refractivity contribution in [3.8, 4) is 17.1 Å². The Balaban J connectivity index is 1.53. The van der Waals surface area contributed by atoms with Crippen LogP contribution in [0.3, 0.4) is 0 Å². The fourth-order valence-electron chi connectivity index (χ4n) is 3.44. The predicted octanol–water partition coefficient (Wildman–Crippen LogP) is 4.89. The minimum absolute atomic E-state index is 0.706. The van der Waals surface area contributed by atoms with Crippen LogP contribution in [-0.4, -0.2) is 29.1 Å². The zero-order chi connectivity index (χ0) is 20.5. The molecule has 0 bridgehead atoms. The lowest BCUT2D eigenvalue weighted by Gasteiger charge is -2.12. The Kier molecular flexibility index (Phi) is 4.80. The molecule has 0 saturated carbocycles. The van der Waals surface area contributed by atoms with Gasteiger partial charge in [-0.1, -0.05) is 36.0 Å². The minimum Gasteiger partial charge on any atom is -0.307 e. The molecule has 0 fully saturated rings. The highest BCUT2D eigenvalue weighted by molar-refractivity contribution is 7.98. The molecule has 30 heavy (non-hydrogen) atoms. The molecule has 0 N–H and O–H groups in total. The Morgan fingerprint density at radius 1 is 0.933 bits per heavy atom. The average molecular weight is 413 g/mol. The van der Waals surface area contributed by atoms with E-state index < -0.39 is 0 Å². The third-order valence-corrected chi connectivity index (χ3v) is 5.87. The smallest absolute Gasteiger partial charge is 0.196 e. The van der Waals surface area contributed by atoms with Gasteiger partial charge in [-0.3, -0.25) is 9.55 Å². The lowest BCUT2D eigenvalue weighted by atomic mass is 10.2. The summed E-state index contributed by atoms with van der Waals surface area (Å²) in [5.74, 6) is 1.49. The summed E-state index contributed by atoms with van der Waals surface area (Å²) in [6.07, 6.45) is 7.75. The number of aromatic nitrogens is 6. The van der Waals surface area contributed by atoms with Crippen molar-refractivity contribution in [2.24, 2.45) is 0 Å². The molecule has 6 nitrogen and oxygen atoms in total. The Morgan fingerprint density at radius 2 is 1.83 bits per heavy atom. The minimum atomic E-state index is 0.706. The van der Waals surface area contributed by atoms with E-state index in [0.717, 1.165) is 39.1 Å². The number of hydrogen-bond acceptors (Lipinski definition) is 5. The number of benzene rings is 1. The number of imidazole rings is 1. The van der Waals surface area contributed by atoms with Crippen LogP contribution >= 0.6 is 11.8 Å². The van der Waals surface area contributed by atoms with Crippen LogP contribution in [0.2, 0.25) is 0 Å². The molecule has 0 aliphatic carbocycles. The van der Waals surface area contributed by atoms with Crippen molar-refractivity contribution in [2.75, 3.05) is 0 Å². The van der Waals surface area contributed by atoms with E-state index in [-0.39, 0.29) is 0 Å². The molecule has 0 amide bonds. The van der Waals surface area contributed by atoms with Gasteiger partial charge in [0, 0.05) is 36.1 Å². The number of pyridine rings is 2. The van der Waals surface area contributed by atoms with Crippen molar-refractivity contribution in [1.29, 1.82) is 0 Å². The van der Waals surface area contributed by atoms with Crippen molar-refractivity contribution in [1.82, 2.24) is 29.1 Å². The van der Waals surface area contributed by atoms with Crippen molar-refractivity contribution < 1.29 is 0 Å². The van der Waals surface area contributed by atoms with E-state index in [1.807, 2.05) is 36.5 Å². The zero-order valence-electron chi connectivity index (χ0n) is 16.7. The van der Waals surface area contributed by atoms with Gasteiger partial charge < -0.3 is 4.40 Å². The molecule has 0 saturated heterocycles. The highest BCUT2D eigenvalue weighted by Crippen LogP contribution is 2.30. The van der Waals surface area contributed by atoms with E-state index in [9.17, 15) is 0 Å². The SMILES string of the molecule is Cc1ccc2nc(CSc3nnc(-c4cccnc4)n3-c3ccccc3C)cn2c1. The number of fused-ring (bicyclic) bond motifs is 1. The summed E-state index contributed by atoms with van der Waals surface area (Å²) >= 11 is 1.63. The van der Waals surface area contributed by atoms with Gasteiger partial charge in [0.25, 0.3) is 0 Å². The quantitative estimate of drug-likeness (QED) is 0.385. The summed E-state index contributed by atoms with van der Waals surface area (Å²) in [5, 5.41) is 9.83. The lowest BCUT2D eigenvalue weighted by molar-refractivity contribution is 0.879. The first kappa shape index (κ1) is 18.6. The molecule has 4 heterocycles. The maximum absolute atomic E-state index is 4.73. The van der Waals surface area contributed by atoms with Crippen LogP contribution in [0.15, 0.2) is 78.5 Å². The summed E-state index contributed by atoms with van der Waals surface area (Å²) in [7, 11) is 0. The number of thioether (sulfide) groups is 1. The van der Waals surface area contributed by atoms with Gasteiger partial charge in [-0.05, 0) is 49.2 Å². The molecule has 5 aromatic rings. The molecule has 0 spiro atoms. The summed E-state index contributed by atoms with van der Waals surface area (Å²) in [6.45, 7) is 4.18. The molecular weight excluding hydrogens is 392 g/mol. The molecule has 0 atom stereocenters. The first-order valence-corrected chi connectivity index (χ1v) is 10.7. The molecule has 0 aliphatic heterocycles. The first-order chi connectivity index (χ1) is 14.7. The fourth-order valence-corrected chi connectivity index (χ4v) is 4.27. The molecule has 1 aromatic carbocycles. The molecule has 148 valence electrons. The van der Waals surface area contributed by atoms with Gasteiger partial charge >= 0.3 is 0 Å². The Hall–Kier alpha value is -3.45. The van der Waals surface area contributed by atoms with Gasteiger partial charge in [-0.2, -0.15) is 0 Å². The number of rotatable bonds is 5. The van der Waals surface area contributed by atoms with E-state index in [1.165, 1.54) is 5.56 Å². The Labute approximate surface area is 178 Å². The number of hydrogen-bond donors (Lipinski definition) is 0. The van der Waals surface area contributed by atoms with E-state index in [1.54, 1.807) is 18.0 Å². The first-order valence-electron chi connectivity index (χ1n) is 9.68. The van der Waals surface area contributed by atoms with Crippen molar-refractivity contribution in [2.45, 2.75) is 24.8 Å². The van der Waals surface area contributed by atoms with Crippen LogP contribution in [0.5, 0.6) is 0 Å². The van der Waals surface area contributed by atoms with Gasteiger partial charge in [0.2, 0.25) is 0 Å². The molecular formula is C23H20N6S. The van der Waals surface area contributed by atoms with Crippen LogP contribution in [0, 0.1) is 13.8 Å². The maximum Gasteiger partial charge on any atom is 0.196 e. The Bertz CT molecular complexity index is 1320. The normalized spacial score (nSPS) is 11.3. The summed E-state index contributed by atoms with van der Waals surface area (Å²) in [5.41, 5.74) is 6.32. The van der Waals surface area contributed by atoms with Crippen molar-refractivity contribution in [3.05, 3.63) is 90.1 Å². The second kappa shape index (κ2) is 7.76. The van der Waals surface area contributed by atoms with Crippen LogP contribution in [0.4, 0.5) is 0 Å². The summed E-state index contributed by atoms with van der Waals surface area (Å²) in [6, 6.07) is 16.3. The van der Waals surface area contributed by atoms with Crippen LogP contribution in [-0.2, 0) is 5.75 Å². The van der Waals surface area contributed by atoms with Gasteiger partial charge in [0.05, 0.1) is 11.4 Å². The Morgan fingerprint density at radius 3 is 2.67 bits per heavy atom. The second-order valence-electron chi connectivity index (χ2n) is 7.16. The van der Waals surface area contributed by atoms with Crippen molar-refractivity contribution in [3.63, 3.8) is 0 Å². The number of nitrogens with zero attached hydrogens (tertiary/aromatic N) is 6. The maximum atomic E-state index is 4.73. The molecule has 7 heteroatoms. The topological polar surface area (TPSA) is 60.9 Å². The summed E-state index contributed by atoms with van der Waals surface area (Å²) in [4.78, 5) is 8.98. The van der Waals surface area contributed by atoms with Gasteiger partial charge in [0.15, 0.2) is 11.0 Å². The third kappa shape index (κ3) is 3.48. The zero-order valence-corrected chi connectivity index (χ0v) is 17.5. The molecule has 5 rings (SSSR count). The lowest BCUT2D eigenvalue weighted by Crippen LogP contribution is -2.02. The van der Waals surface area contributed by atoms with E-state index >= 15 is 0 Å². The van der Waals surface area contributed by atoms with E-state index in [0.29, 0.717) is 5.75 Å². The molecule has 0 radical (unpaired) electrons. The van der Waals surface area contributed by atoms with Gasteiger partial charge in [-0.15, -0.1) is 10.2 Å². The average Bonchev–Trinajstić information content (AvgIpc) is 3.36. The molecule has 0 aliphatic rings. The molecule has 0 unspecified atom stereocenters. The third-order valence-electron chi connectivity index (χ3n) is 4.91. The van der Waals surface area contributed by atoms with Crippen molar-refractivity contribution >= 4 is 17.4 Å². The van der Waals surface area contributed by atoms with Crippen LogP contribution in [0.1, 0.15) is 16.8 Å². The van der Waals surface area contributed by atoms with Crippen LogP contribution < -0.4 is 0 Å². The van der Waals surface area contributed by atoms with E-state index in [2.05, 4.69) is 68.6 Å². The van der Waals surface area contributed by atoms with E-state index in [4.69, 9.17) is 4.98 Å². The molecule has 4 aromatic heterocycles. The monoisotopic (exact) mass is 412 g/mol. The number of para-hydroxylation sites is 1. The predicted molar refractivity (Wildman–Crippen MR) is 119 cm³/mol. The fraction of sp³-hybridized carbons (Fsp3) is 0.130. The highest BCUT2D eigenvalue weighted by atomic mass is 32.2. The van der Waals surface area contributed by atoms with Gasteiger partial charge in [-0.25, -0.2) is 4.98 Å². The largest absolute Gasteiger partial charge is 0.307 e. The van der Waals surface area contributed by atoms with Gasteiger partial charge in [0.1, 0.15) is 5.65 Å².